The van der Waals surface area contributed by atoms with Gasteiger partial charge in [-0.3, -0.25) is 9.78 Å². The fraction of sp³-hybridized carbons (Fsp3) is 0.176. The minimum Gasteiger partial charge on any atom is -0.368 e. The van der Waals surface area contributed by atoms with Crippen molar-refractivity contribution in [1.82, 2.24) is 19.7 Å². The molecule has 122 valence electrons. The van der Waals surface area contributed by atoms with Gasteiger partial charge >= 0.3 is 0 Å². The quantitative estimate of drug-likeness (QED) is 0.698. The second-order valence-corrected chi connectivity index (χ2v) is 6.17. The Morgan fingerprint density at radius 1 is 1.17 bits per heavy atom. The molecule has 0 radical (unpaired) electrons. The molecule has 1 aromatic carbocycles. The molecule has 0 aliphatic carbocycles. The van der Waals surface area contributed by atoms with Crippen molar-refractivity contribution in [2.75, 3.05) is 0 Å². The lowest BCUT2D eigenvalue weighted by Gasteiger charge is -2.14. The highest BCUT2D eigenvalue weighted by atomic mass is 32.2. The van der Waals surface area contributed by atoms with Gasteiger partial charge in [-0.2, -0.15) is 0 Å². The molecule has 24 heavy (non-hydrogen) atoms. The van der Waals surface area contributed by atoms with Crippen LogP contribution in [-0.2, 0) is 11.3 Å². The summed E-state index contributed by atoms with van der Waals surface area (Å²) in [6, 6.07) is 13.2. The van der Waals surface area contributed by atoms with E-state index in [0.717, 1.165) is 17.0 Å². The van der Waals surface area contributed by atoms with Crippen molar-refractivity contribution in [2.24, 2.45) is 5.73 Å². The van der Waals surface area contributed by atoms with Crippen molar-refractivity contribution >= 4 is 17.7 Å². The fourth-order valence-corrected chi connectivity index (χ4v) is 3.45. The van der Waals surface area contributed by atoms with Crippen LogP contribution in [0, 0.1) is 0 Å². The Kier molecular flexibility index (Phi) is 4.90. The van der Waals surface area contributed by atoms with Crippen LogP contribution in [-0.4, -0.2) is 25.7 Å². The van der Waals surface area contributed by atoms with Crippen LogP contribution in [0.2, 0.25) is 0 Å². The van der Waals surface area contributed by atoms with Crippen LogP contribution >= 0.6 is 11.8 Å². The Bertz CT molecular complexity index is 820. The van der Waals surface area contributed by atoms with Gasteiger partial charge in [0.2, 0.25) is 5.91 Å². The maximum absolute atomic E-state index is 11.9. The summed E-state index contributed by atoms with van der Waals surface area (Å²) in [5.41, 5.74) is 7.39. The first-order chi connectivity index (χ1) is 11.7. The summed E-state index contributed by atoms with van der Waals surface area (Å²) in [6.07, 6.45) is 3.43. The Labute approximate surface area is 144 Å². The number of rotatable bonds is 6. The van der Waals surface area contributed by atoms with E-state index in [1.165, 1.54) is 11.8 Å². The molecule has 0 unspecified atom stereocenters. The standard InChI is InChI=1S/C17H17N5OS/c1-2-22-16(13-8-10-19-11-9-13)20-21-17(22)24-14(15(18)23)12-6-4-3-5-7-12/h3-11,14H,2H2,1H3,(H2,18,23)/t14-/m1/s1. The average molecular weight is 339 g/mol. The van der Waals surface area contributed by atoms with Crippen LogP contribution in [0.5, 0.6) is 0 Å². The predicted octanol–water partition coefficient (Wildman–Crippen LogP) is 2.68. The van der Waals surface area contributed by atoms with Crippen molar-refractivity contribution in [2.45, 2.75) is 23.9 Å². The molecule has 7 heteroatoms. The van der Waals surface area contributed by atoms with E-state index in [1.54, 1.807) is 12.4 Å². The number of hydrogen-bond acceptors (Lipinski definition) is 5. The number of nitrogens with zero attached hydrogens (tertiary/aromatic N) is 4. The van der Waals surface area contributed by atoms with Crippen molar-refractivity contribution in [1.29, 1.82) is 0 Å². The van der Waals surface area contributed by atoms with Crippen molar-refractivity contribution < 1.29 is 4.79 Å². The molecule has 2 N–H and O–H groups in total. The van der Waals surface area contributed by atoms with Gasteiger partial charge in [0.25, 0.3) is 0 Å². The highest BCUT2D eigenvalue weighted by molar-refractivity contribution is 8.00. The molecule has 2 aromatic heterocycles. The average Bonchev–Trinajstić information content (AvgIpc) is 3.03. The molecule has 0 saturated carbocycles. The summed E-state index contributed by atoms with van der Waals surface area (Å²) in [4.78, 5) is 15.9. The van der Waals surface area contributed by atoms with Gasteiger partial charge in [0.05, 0.1) is 0 Å². The third-order valence-electron chi connectivity index (χ3n) is 3.56. The normalized spacial score (nSPS) is 12.0. The molecule has 0 aliphatic heterocycles. The molecule has 1 atom stereocenters. The van der Waals surface area contributed by atoms with Gasteiger partial charge in [-0.1, -0.05) is 42.1 Å². The lowest BCUT2D eigenvalue weighted by Crippen LogP contribution is -2.19. The maximum Gasteiger partial charge on any atom is 0.235 e. The Balaban J connectivity index is 1.95. The summed E-state index contributed by atoms with van der Waals surface area (Å²) in [7, 11) is 0. The number of primary amides is 1. The van der Waals surface area contributed by atoms with Crippen LogP contribution in [0.4, 0.5) is 0 Å². The number of nitrogens with two attached hydrogens (primary N) is 1. The fourth-order valence-electron chi connectivity index (χ4n) is 2.40. The zero-order valence-corrected chi connectivity index (χ0v) is 14.0. The predicted molar refractivity (Wildman–Crippen MR) is 93.2 cm³/mol. The van der Waals surface area contributed by atoms with Gasteiger partial charge in [0.1, 0.15) is 5.25 Å². The van der Waals surface area contributed by atoms with E-state index in [0.29, 0.717) is 11.7 Å². The molecule has 2 heterocycles. The number of hydrogen-bond donors (Lipinski definition) is 1. The van der Waals surface area contributed by atoms with E-state index in [4.69, 9.17) is 5.73 Å². The minimum absolute atomic E-state index is 0.401. The first-order valence-electron chi connectivity index (χ1n) is 7.55. The molecule has 0 aliphatic rings. The Morgan fingerprint density at radius 3 is 2.50 bits per heavy atom. The molecule has 0 saturated heterocycles. The van der Waals surface area contributed by atoms with Crippen molar-refractivity contribution in [3.63, 3.8) is 0 Å². The second kappa shape index (κ2) is 7.27. The first-order valence-corrected chi connectivity index (χ1v) is 8.43. The maximum atomic E-state index is 11.9. The number of thioether (sulfide) groups is 1. The number of aromatic nitrogens is 4. The Hall–Kier alpha value is -2.67. The molecule has 0 spiro atoms. The third kappa shape index (κ3) is 3.30. The van der Waals surface area contributed by atoms with Crippen LogP contribution in [0.1, 0.15) is 17.7 Å². The number of amides is 1. The molecule has 3 rings (SSSR count). The zero-order chi connectivity index (χ0) is 16.9. The summed E-state index contributed by atoms with van der Waals surface area (Å²) in [6.45, 7) is 2.70. The topological polar surface area (TPSA) is 86.7 Å². The van der Waals surface area contributed by atoms with E-state index in [-0.39, 0.29) is 0 Å². The van der Waals surface area contributed by atoms with E-state index >= 15 is 0 Å². The lowest BCUT2D eigenvalue weighted by molar-refractivity contribution is -0.117. The summed E-state index contributed by atoms with van der Waals surface area (Å²) in [5, 5.41) is 8.69. The number of carbonyl (C=O) groups excluding carboxylic acids is 1. The number of carbonyl (C=O) groups is 1. The van der Waals surface area contributed by atoms with Crippen molar-refractivity contribution in [3.8, 4) is 11.4 Å². The van der Waals surface area contributed by atoms with E-state index in [9.17, 15) is 4.79 Å². The summed E-state index contributed by atoms with van der Waals surface area (Å²) < 4.78 is 1.97. The SMILES string of the molecule is CCn1c(S[C@@H](C(N)=O)c2ccccc2)nnc1-c1ccncc1. The van der Waals surface area contributed by atoms with Gasteiger partial charge in [-0.15, -0.1) is 10.2 Å². The molecular weight excluding hydrogens is 322 g/mol. The van der Waals surface area contributed by atoms with Gasteiger partial charge in [-0.25, -0.2) is 0 Å². The first kappa shape index (κ1) is 16.2. The van der Waals surface area contributed by atoms with Gasteiger partial charge in [-0.05, 0) is 24.6 Å². The molecule has 0 fully saturated rings. The summed E-state index contributed by atoms with van der Waals surface area (Å²) >= 11 is 1.32. The number of pyridine rings is 1. The van der Waals surface area contributed by atoms with Gasteiger partial charge in [0.15, 0.2) is 11.0 Å². The van der Waals surface area contributed by atoms with E-state index < -0.39 is 11.2 Å². The van der Waals surface area contributed by atoms with E-state index in [1.807, 2.05) is 54.0 Å². The Morgan fingerprint density at radius 2 is 1.88 bits per heavy atom. The van der Waals surface area contributed by atoms with Crippen molar-refractivity contribution in [3.05, 3.63) is 60.4 Å². The second-order valence-electron chi connectivity index (χ2n) is 5.10. The van der Waals surface area contributed by atoms with Gasteiger partial charge in [0, 0.05) is 24.5 Å². The minimum atomic E-state index is -0.508. The summed E-state index contributed by atoms with van der Waals surface area (Å²) in [5.74, 6) is 0.348. The van der Waals surface area contributed by atoms with Crippen LogP contribution in [0.25, 0.3) is 11.4 Å². The lowest BCUT2D eigenvalue weighted by atomic mass is 10.1. The number of benzene rings is 1. The molecule has 6 nitrogen and oxygen atoms in total. The van der Waals surface area contributed by atoms with E-state index in [2.05, 4.69) is 15.2 Å². The van der Waals surface area contributed by atoms with Crippen LogP contribution in [0.3, 0.4) is 0 Å². The molecule has 3 aromatic rings. The molecular formula is C17H17N5OS. The smallest absolute Gasteiger partial charge is 0.235 e. The molecule has 0 bridgehead atoms. The van der Waals surface area contributed by atoms with Gasteiger partial charge < -0.3 is 10.3 Å². The third-order valence-corrected chi connectivity index (χ3v) is 4.81. The molecule has 1 amide bonds. The zero-order valence-electron chi connectivity index (χ0n) is 13.2. The van der Waals surface area contributed by atoms with Crippen LogP contribution in [0.15, 0.2) is 60.0 Å². The largest absolute Gasteiger partial charge is 0.368 e. The monoisotopic (exact) mass is 339 g/mol. The highest BCUT2D eigenvalue weighted by Crippen LogP contribution is 2.35. The van der Waals surface area contributed by atoms with Crippen LogP contribution < -0.4 is 5.73 Å². The highest BCUT2D eigenvalue weighted by Gasteiger charge is 2.23.